The fourth-order valence-corrected chi connectivity index (χ4v) is 3.07. The summed E-state index contributed by atoms with van der Waals surface area (Å²) in [6.07, 6.45) is 3.07. The van der Waals surface area contributed by atoms with Crippen LogP contribution in [0.5, 0.6) is 11.5 Å². The number of hydrogen-bond acceptors (Lipinski definition) is 5. The highest BCUT2D eigenvalue weighted by molar-refractivity contribution is 6.07. The molecule has 2 aromatic rings. The highest BCUT2D eigenvalue weighted by atomic mass is 19.1. The zero-order valence-corrected chi connectivity index (χ0v) is 14.1. The second-order valence-corrected chi connectivity index (χ2v) is 6.04. The molecule has 2 aromatic carbocycles. The van der Waals surface area contributed by atoms with Crippen molar-refractivity contribution in [3.63, 3.8) is 0 Å². The smallest absolute Gasteiger partial charge is 0.231 e. The molecule has 1 saturated heterocycles. The number of anilines is 1. The predicted molar refractivity (Wildman–Crippen MR) is 95.4 cm³/mol. The number of para-hydroxylation sites is 1. The van der Waals surface area contributed by atoms with Gasteiger partial charge in [-0.25, -0.2) is 4.39 Å². The number of benzene rings is 2. The van der Waals surface area contributed by atoms with Gasteiger partial charge in [0.2, 0.25) is 6.79 Å². The highest BCUT2D eigenvalue weighted by Gasteiger charge is 2.17. The molecule has 2 heterocycles. The average molecular weight is 355 g/mol. The monoisotopic (exact) mass is 355 g/mol. The van der Waals surface area contributed by atoms with E-state index in [-0.39, 0.29) is 12.6 Å². The molecule has 2 aliphatic heterocycles. The van der Waals surface area contributed by atoms with Crippen LogP contribution in [-0.4, -0.2) is 38.9 Å². The summed E-state index contributed by atoms with van der Waals surface area (Å²) < 4.78 is 30.4. The molecule has 134 valence electrons. The maximum atomic E-state index is 14.4. The Labute approximate surface area is 150 Å². The zero-order chi connectivity index (χ0) is 17.9. The Morgan fingerprint density at radius 1 is 1.12 bits per heavy atom. The number of morpholine rings is 1. The summed E-state index contributed by atoms with van der Waals surface area (Å²) in [7, 11) is 0. The molecule has 1 fully saturated rings. The molecule has 0 saturated carbocycles. The van der Waals surface area contributed by atoms with Gasteiger partial charge in [0.25, 0.3) is 0 Å². The van der Waals surface area contributed by atoms with Crippen LogP contribution in [0, 0.1) is 5.82 Å². The maximum absolute atomic E-state index is 14.4. The fourth-order valence-electron chi connectivity index (χ4n) is 3.07. The van der Waals surface area contributed by atoms with E-state index < -0.39 is 5.82 Å². The quantitative estimate of drug-likeness (QED) is 0.622. The van der Waals surface area contributed by atoms with E-state index in [9.17, 15) is 9.18 Å². The molecule has 0 N–H and O–H groups in total. The van der Waals surface area contributed by atoms with Crippen LogP contribution in [0.2, 0.25) is 0 Å². The van der Waals surface area contributed by atoms with Gasteiger partial charge in [-0.1, -0.05) is 12.1 Å². The number of fused-ring (bicyclic) bond motifs is 1. The Bertz CT molecular complexity index is 859. The molecule has 0 aliphatic carbocycles. The number of carbonyl (C=O) groups excluding carboxylic acids is 1. The van der Waals surface area contributed by atoms with Gasteiger partial charge < -0.3 is 19.1 Å². The standard InChI is InChI=1S/C20H18FNO4/c21-16-12-15(4-6-17(16)22-8-10-24-11-9-22)18(23)7-5-14-2-1-3-19-20(14)26-13-25-19/h1-7,12H,8-11,13H2/b7-5+. The van der Waals surface area contributed by atoms with E-state index in [1.54, 1.807) is 24.3 Å². The topological polar surface area (TPSA) is 48.0 Å². The number of allylic oxidation sites excluding steroid dienone is 1. The van der Waals surface area contributed by atoms with Crippen molar-refractivity contribution in [3.05, 3.63) is 59.4 Å². The largest absolute Gasteiger partial charge is 0.454 e. The third-order valence-electron chi connectivity index (χ3n) is 4.43. The summed E-state index contributed by atoms with van der Waals surface area (Å²) in [5.74, 6) is 0.600. The molecule has 0 spiro atoms. The van der Waals surface area contributed by atoms with Crippen molar-refractivity contribution in [1.82, 2.24) is 0 Å². The van der Waals surface area contributed by atoms with E-state index >= 15 is 0 Å². The molecule has 6 heteroatoms. The zero-order valence-electron chi connectivity index (χ0n) is 14.1. The summed E-state index contributed by atoms with van der Waals surface area (Å²) >= 11 is 0. The van der Waals surface area contributed by atoms with Crippen LogP contribution in [0.4, 0.5) is 10.1 Å². The van der Waals surface area contributed by atoms with E-state index in [2.05, 4.69) is 0 Å². The van der Waals surface area contributed by atoms with Crippen molar-refractivity contribution in [3.8, 4) is 11.5 Å². The van der Waals surface area contributed by atoms with Crippen molar-refractivity contribution in [2.75, 3.05) is 38.0 Å². The molecule has 0 amide bonds. The molecule has 0 atom stereocenters. The van der Waals surface area contributed by atoms with Crippen LogP contribution in [0.3, 0.4) is 0 Å². The number of rotatable bonds is 4. The number of nitrogens with zero attached hydrogens (tertiary/aromatic N) is 1. The maximum Gasteiger partial charge on any atom is 0.231 e. The lowest BCUT2D eigenvalue weighted by Gasteiger charge is -2.29. The Kier molecular flexibility index (Phi) is 4.58. The van der Waals surface area contributed by atoms with Crippen molar-refractivity contribution in [2.24, 2.45) is 0 Å². The molecular formula is C20H18FNO4. The first-order valence-corrected chi connectivity index (χ1v) is 8.45. The molecule has 4 rings (SSSR count). The summed E-state index contributed by atoms with van der Waals surface area (Å²) in [4.78, 5) is 14.3. The van der Waals surface area contributed by atoms with Crippen LogP contribution in [-0.2, 0) is 4.74 Å². The molecule has 26 heavy (non-hydrogen) atoms. The van der Waals surface area contributed by atoms with Gasteiger partial charge in [0.05, 0.1) is 18.9 Å². The van der Waals surface area contributed by atoms with Gasteiger partial charge in [-0.05, 0) is 36.4 Å². The van der Waals surface area contributed by atoms with E-state index in [0.29, 0.717) is 49.1 Å². The fraction of sp³-hybridized carbons (Fsp3) is 0.250. The molecule has 2 aliphatic rings. The first-order chi connectivity index (χ1) is 12.7. The van der Waals surface area contributed by atoms with Crippen molar-refractivity contribution in [1.29, 1.82) is 0 Å². The van der Waals surface area contributed by atoms with E-state index in [0.717, 1.165) is 5.56 Å². The lowest BCUT2D eigenvalue weighted by Crippen LogP contribution is -2.36. The Hall–Kier alpha value is -2.86. The number of ketones is 1. The third-order valence-corrected chi connectivity index (χ3v) is 4.43. The second kappa shape index (κ2) is 7.17. The molecule has 5 nitrogen and oxygen atoms in total. The summed E-state index contributed by atoms with van der Waals surface area (Å²) in [5, 5.41) is 0. The second-order valence-electron chi connectivity index (χ2n) is 6.04. The first kappa shape index (κ1) is 16.6. The van der Waals surface area contributed by atoms with Gasteiger partial charge >= 0.3 is 0 Å². The first-order valence-electron chi connectivity index (χ1n) is 8.45. The molecule has 0 aromatic heterocycles. The van der Waals surface area contributed by atoms with Gasteiger partial charge in [0, 0.05) is 24.2 Å². The van der Waals surface area contributed by atoms with Crippen LogP contribution in [0.25, 0.3) is 6.08 Å². The average Bonchev–Trinajstić information content (AvgIpc) is 3.16. The van der Waals surface area contributed by atoms with Gasteiger partial charge in [-0.2, -0.15) is 0 Å². The van der Waals surface area contributed by atoms with Gasteiger partial charge in [-0.3, -0.25) is 4.79 Å². The number of halogens is 1. The van der Waals surface area contributed by atoms with E-state index in [4.69, 9.17) is 14.2 Å². The number of carbonyl (C=O) groups is 1. The summed E-state index contributed by atoms with van der Waals surface area (Å²) in [6, 6.07) is 10.1. The number of ether oxygens (including phenoxy) is 3. The van der Waals surface area contributed by atoms with Gasteiger partial charge in [0.15, 0.2) is 17.3 Å². The van der Waals surface area contributed by atoms with Crippen LogP contribution < -0.4 is 14.4 Å². The minimum atomic E-state index is -0.400. The van der Waals surface area contributed by atoms with Crippen molar-refractivity contribution < 1.29 is 23.4 Å². The summed E-state index contributed by atoms with van der Waals surface area (Å²) in [5.41, 5.74) is 1.56. The molecular weight excluding hydrogens is 337 g/mol. The van der Waals surface area contributed by atoms with Gasteiger partial charge in [0.1, 0.15) is 5.82 Å². The minimum absolute atomic E-state index is 0.169. The lowest BCUT2D eigenvalue weighted by molar-refractivity contribution is 0.104. The molecule has 0 radical (unpaired) electrons. The Morgan fingerprint density at radius 2 is 1.96 bits per heavy atom. The molecule has 0 unspecified atom stereocenters. The normalized spacial score (nSPS) is 16.3. The predicted octanol–water partition coefficient (Wildman–Crippen LogP) is 3.29. The van der Waals surface area contributed by atoms with Crippen LogP contribution in [0.15, 0.2) is 42.5 Å². The molecule has 0 bridgehead atoms. The van der Waals surface area contributed by atoms with Crippen molar-refractivity contribution in [2.45, 2.75) is 0 Å². The SMILES string of the molecule is O=C(/C=C/c1cccc2c1OCO2)c1ccc(N2CCOCC2)c(F)c1. The number of hydrogen-bond donors (Lipinski definition) is 0. The minimum Gasteiger partial charge on any atom is -0.454 e. The van der Waals surface area contributed by atoms with Crippen molar-refractivity contribution >= 4 is 17.5 Å². The van der Waals surface area contributed by atoms with E-state index in [1.165, 1.54) is 12.1 Å². The Balaban J connectivity index is 1.51. The summed E-state index contributed by atoms with van der Waals surface area (Å²) in [6.45, 7) is 2.62. The van der Waals surface area contributed by atoms with Crippen LogP contribution >= 0.6 is 0 Å². The van der Waals surface area contributed by atoms with Crippen LogP contribution in [0.1, 0.15) is 15.9 Å². The Morgan fingerprint density at radius 3 is 2.77 bits per heavy atom. The third kappa shape index (κ3) is 3.28. The van der Waals surface area contributed by atoms with Gasteiger partial charge in [-0.15, -0.1) is 0 Å². The lowest BCUT2D eigenvalue weighted by atomic mass is 10.1. The highest BCUT2D eigenvalue weighted by Crippen LogP contribution is 2.36. The van der Waals surface area contributed by atoms with E-state index in [1.807, 2.05) is 17.0 Å².